The van der Waals surface area contributed by atoms with Gasteiger partial charge in [-0.3, -0.25) is 19.2 Å². The Balaban J connectivity index is 4.96. The first-order chi connectivity index (χ1) is 12.1. The second-order valence-corrected chi connectivity index (χ2v) is 6.51. The van der Waals surface area contributed by atoms with Crippen molar-refractivity contribution in [3.8, 4) is 0 Å². The highest BCUT2D eigenvalue weighted by atomic mass is 32.2. The topological polar surface area (TPSA) is 208 Å². The molecule has 0 radical (unpaired) electrons. The maximum absolute atomic E-state index is 12.3. The quantitative estimate of drug-likeness (QED) is 0.193. The van der Waals surface area contributed by atoms with Crippen LogP contribution in [0, 0.1) is 0 Å². The molecule has 0 fully saturated rings. The number of carboxylic acid groups (broad SMARTS) is 1. The zero-order chi connectivity index (χ0) is 20.3. The summed E-state index contributed by atoms with van der Waals surface area (Å²) in [7, 11) is 0. The SMILES string of the molecule is CSCC[C@H](NC(=O)[C@H](CC(N)=O)NC(=O)[C@@H](N)CCC(N)=O)C(=O)O. The van der Waals surface area contributed by atoms with Gasteiger partial charge in [0.05, 0.1) is 12.5 Å². The maximum atomic E-state index is 12.3. The van der Waals surface area contributed by atoms with Crippen LogP contribution in [0.2, 0.25) is 0 Å². The molecule has 0 aliphatic heterocycles. The van der Waals surface area contributed by atoms with Crippen LogP contribution >= 0.6 is 11.8 Å². The molecule has 148 valence electrons. The van der Waals surface area contributed by atoms with Crippen molar-refractivity contribution in [1.29, 1.82) is 0 Å². The van der Waals surface area contributed by atoms with E-state index in [2.05, 4.69) is 10.6 Å². The van der Waals surface area contributed by atoms with Crippen molar-refractivity contribution in [3.63, 3.8) is 0 Å². The fraction of sp³-hybridized carbons (Fsp3) is 0.643. The normalized spacial score (nSPS) is 13.9. The highest BCUT2D eigenvalue weighted by Crippen LogP contribution is 2.03. The molecule has 26 heavy (non-hydrogen) atoms. The molecule has 0 aromatic heterocycles. The number of carbonyl (C=O) groups is 5. The molecule has 0 aromatic carbocycles. The summed E-state index contributed by atoms with van der Waals surface area (Å²) in [6.45, 7) is 0. The average molecular weight is 391 g/mol. The van der Waals surface area contributed by atoms with Gasteiger partial charge in [-0.15, -0.1) is 0 Å². The van der Waals surface area contributed by atoms with Crippen LogP contribution in [0.4, 0.5) is 0 Å². The number of carboxylic acids is 1. The van der Waals surface area contributed by atoms with Gasteiger partial charge in [-0.2, -0.15) is 11.8 Å². The van der Waals surface area contributed by atoms with Gasteiger partial charge < -0.3 is 32.9 Å². The van der Waals surface area contributed by atoms with E-state index in [0.29, 0.717) is 5.75 Å². The van der Waals surface area contributed by atoms with E-state index in [9.17, 15) is 24.0 Å². The molecule has 0 heterocycles. The summed E-state index contributed by atoms with van der Waals surface area (Å²) in [5.41, 5.74) is 15.6. The van der Waals surface area contributed by atoms with Crippen molar-refractivity contribution >= 4 is 41.4 Å². The summed E-state index contributed by atoms with van der Waals surface area (Å²) < 4.78 is 0. The van der Waals surface area contributed by atoms with Crippen molar-refractivity contribution in [2.75, 3.05) is 12.0 Å². The third kappa shape index (κ3) is 9.84. The summed E-state index contributed by atoms with van der Waals surface area (Å²) >= 11 is 1.40. The Kier molecular flexibility index (Phi) is 11.0. The summed E-state index contributed by atoms with van der Waals surface area (Å²) in [4.78, 5) is 57.3. The van der Waals surface area contributed by atoms with Gasteiger partial charge in [-0.05, 0) is 24.9 Å². The number of amides is 4. The van der Waals surface area contributed by atoms with Crippen LogP contribution in [0.25, 0.3) is 0 Å². The number of nitrogens with two attached hydrogens (primary N) is 3. The maximum Gasteiger partial charge on any atom is 0.326 e. The number of carbonyl (C=O) groups excluding carboxylic acids is 4. The molecule has 9 N–H and O–H groups in total. The monoisotopic (exact) mass is 391 g/mol. The van der Waals surface area contributed by atoms with E-state index in [0.717, 1.165) is 0 Å². The molecule has 0 saturated carbocycles. The number of rotatable bonds is 13. The lowest BCUT2D eigenvalue weighted by atomic mass is 10.1. The third-order valence-corrected chi connectivity index (χ3v) is 3.95. The second kappa shape index (κ2) is 12.1. The number of hydrogen-bond acceptors (Lipinski definition) is 7. The molecule has 0 bridgehead atoms. The van der Waals surface area contributed by atoms with Crippen LogP contribution in [-0.4, -0.2) is 64.8 Å². The van der Waals surface area contributed by atoms with Gasteiger partial charge in [0, 0.05) is 6.42 Å². The minimum absolute atomic E-state index is 0.0441. The summed E-state index contributed by atoms with van der Waals surface area (Å²) in [5.74, 6) is -3.92. The zero-order valence-electron chi connectivity index (χ0n) is 14.4. The number of thioether (sulfide) groups is 1. The Bertz CT molecular complexity index is 544. The molecule has 0 aliphatic carbocycles. The van der Waals surface area contributed by atoms with E-state index in [-0.39, 0.29) is 19.3 Å². The molecule has 0 aromatic rings. The lowest BCUT2D eigenvalue weighted by Crippen LogP contribution is -2.55. The van der Waals surface area contributed by atoms with E-state index < -0.39 is 54.1 Å². The van der Waals surface area contributed by atoms with Gasteiger partial charge in [-0.25, -0.2) is 4.79 Å². The molecular weight excluding hydrogens is 366 g/mol. The van der Waals surface area contributed by atoms with Crippen molar-refractivity contribution in [1.82, 2.24) is 10.6 Å². The standard InChI is InChI=1S/C14H25N5O6S/c1-26-5-4-8(14(24)25)18-13(23)9(6-11(17)21)19-12(22)7(15)2-3-10(16)20/h7-9H,2-6,15H2,1H3,(H2,16,20)(H2,17,21)(H,18,23)(H,19,22)(H,24,25)/t7-,8-,9-/m0/s1. The van der Waals surface area contributed by atoms with Crippen LogP contribution in [0.15, 0.2) is 0 Å². The minimum atomic E-state index is -1.38. The molecule has 4 amide bonds. The van der Waals surface area contributed by atoms with Crippen LogP contribution < -0.4 is 27.8 Å². The highest BCUT2D eigenvalue weighted by molar-refractivity contribution is 7.98. The number of nitrogens with one attached hydrogen (secondary N) is 2. The molecule has 0 unspecified atom stereocenters. The molecular formula is C14H25N5O6S. The van der Waals surface area contributed by atoms with Crippen LogP contribution in [0.1, 0.15) is 25.7 Å². The van der Waals surface area contributed by atoms with Crippen molar-refractivity contribution in [2.24, 2.45) is 17.2 Å². The smallest absolute Gasteiger partial charge is 0.326 e. The molecule has 0 saturated heterocycles. The number of hydrogen-bond donors (Lipinski definition) is 6. The first-order valence-electron chi connectivity index (χ1n) is 7.73. The summed E-state index contributed by atoms with van der Waals surface area (Å²) in [5, 5.41) is 13.6. The Morgan fingerprint density at radius 2 is 1.54 bits per heavy atom. The summed E-state index contributed by atoms with van der Waals surface area (Å²) in [6, 6.07) is -3.68. The Labute approximate surface area is 154 Å². The van der Waals surface area contributed by atoms with Gasteiger partial charge in [0.1, 0.15) is 12.1 Å². The first-order valence-corrected chi connectivity index (χ1v) is 9.12. The Hall–Kier alpha value is -2.34. The second-order valence-electron chi connectivity index (χ2n) is 5.52. The summed E-state index contributed by atoms with van der Waals surface area (Å²) in [6.07, 6.45) is 1.24. The predicted octanol–water partition coefficient (Wildman–Crippen LogP) is -2.74. The van der Waals surface area contributed by atoms with Crippen molar-refractivity contribution < 1.29 is 29.1 Å². The van der Waals surface area contributed by atoms with Gasteiger partial charge in [0.25, 0.3) is 0 Å². The van der Waals surface area contributed by atoms with Crippen molar-refractivity contribution in [2.45, 2.75) is 43.8 Å². The van der Waals surface area contributed by atoms with Crippen LogP contribution in [0.3, 0.4) is 0 Å². The van der Waals surface area contributed by atoms with E-state index in [1.807, 2.05) is 0 Å². The Morgan fingerprint density at radius 1 is 0.962 bits per heavy atom. The Morgan fingerprint density at radius 3 is 2.00 bits per heavy atom. The van der Waals surface area contributed by atoms with Gasteiger partial charge in [0.15, 0.2) is 0 Å². The van der Waals surface area contributed by atoms with Crippen molar-refractivity contribution in [3.05, 3.63) is 0 Å². The lowest BCUT2D eigenvalue weighted by molar-refractivity contribution is -0.142. The molecule has 3 atom stereocenters. The van der Waals surface area contributed by atoms with E-state index in [1.54, 1.807) is 6.26 Å². The van der Waals surface area contributed by atoms with E-state index in [4.69, 9.17) is 22.3 Å². The molecule has 11 nitrogen and oxygen atoms in total. The molecule has 12 heteroatoms. The average Bonchev–Trinajstić information content (AvgIpc) is 2.54. The van der Waals surface area contributed by atoms with E-state index >= 15 is 0 Å². The number of primary amides is 2. The minimum Gasteiger partial charge on any atom is -0.480 e. The molecule has 0 aliphatic rings. The van der Waals surface area contributed by atoms with Crippen LogP contribution in [-0.2, 0) is 24.0 Å². The fourth-order valence-corrected chi connectivity index (χ4v) is 2.35. The van der Waals surface area contributed by atoms with Gasteiger partial charge in [-0.1, -0.05) is 0 Å². The third-order valence-electron chi connectivity index (χ3n) is 3.30. The zero-order valence-corrected chi connectivity index (χ0v) is 15.2. The fourth-order valence-electron chi connectivity index (χ4n) is 1.88. The molecule has 0 rings (SSSR count). The number of aliphatic carboxylic acids is 1. The van der Waals surface area contributed by atoms with E-state index in [1.165, 1.54) is 11.8 Å². The largest absolute Gasteiger partial charge is 0.480 e. The van der Waals surface area contributed by atoms with Gasteiger partial charge >= 0.3 is 5.97 Å². The first kappa shape index (κ1) is 23.7. The highest BCUT2D eigenvalue weighted by Gasteiger charge is 2.29. The predicted molar refractivity (Wildman–Crippen MR) is 94.7 cm³/mol. The van der Waals surface area contributed by atoms with Gasteiger partial charge in [0.2, 0.25) is 23.6 Å². The van der Waals surface area contributed by atoms with Crippen LogP contribution in [0.5, 0.6) is 0 Å². The molecule has 0 spiro atoms. The lowest BCUT2D eigenvalue weighted by Gasteiger charge is -2.22.